The van der Waals surface area contributed by atoms with Gasteiger partial charge in [-0.15, -0.1) is 11.8 Å². The first kappa shape index (κ1) is 16.6. The molecule has 0 N–H and O–H groups in total. The van der Waals surface area contributed by atoms with Crippen molar-refractivity contribution in [2.24, 2.45) is 0 Å². The van der Waals surface area contributed by atoms with Crippen molar-refractivity contribution in [1.82, 2.24) is 0 Å². The van der Waals surface area contributed by atoms with E-state index in [9.17, 15) is 4.79 Å². The number of hydrogen-bond donors (Lipinski definition) is 0. The summed E-state index contributed by atoms with van der Waals surface area (Å²) in [6.07, 6.45) is 2.18. The van der Waals surface area contributed by atoms with Gasteiger partial charge in [0.05, 0.1) is 6.61 Å². The maximum absolute atomic E-state index is 11.9. The van der Waals surface area contributed by atoms with Crippen LogP contribution < -0.4 is 0 Å². The highest BCUT2D eigenvalue weighted by atomic mass is 79.9. The largest absolute Gasteiger partial charge is 0.465 e. The number of halogens is 1. The normalized spacial score (nSPS) is 11.4. The minimum Gasteiger partial charge on any atom is -0.465 e. The molecule has 19 heavy (non-hydrogen) atoms. The molecule has 0 atom stereocenters. The van der Waals surface area contributed by atoms with Crippen LogP contribution in [0, 0.1) is 0 Å². The van der Waals surface area contributed by atoms with Crippen molar-refractivity contribution in [2.45, 2.75) is 43.3 Å². The Hall–Kier alpha value is -0.480. The van der Waals surface area contributed by atoms with Gasteiger partial charge in [0.25, 0.3) is 0 Å². The van der Waals surface area contributed by atoms with E-state index < -0.39 is 4.75 Å². The van der Waals surface area contributed by atoms with E-state index in [1.54, 1.807) is 11.8 Å². The minimum atomic E-state index is -0.552. The van der Waals surface area contributed by atoms with Crippen LogP contribution in [-0.4, -0.2) is 22.7 Å². The third-order valence-corrected chi connectivity index (χ3v) is 4.36. The molecule has 1 aromatic carbocycles. The summed E-state index contributed by atoms with van der Waals surface area (Å²) in [5, 5.41) is 1.01. The molecule has 0 bridgehead atoms. The molecule has 0 spiro atoms. The molecule has 0 unspecified atom stereocenters. The molecular formula is C15H21BrO2S. The minimum absolute atomic E-state index is 0.161. The van der Waals surface area contributed by atoms with Gasteiger partial charge in [-0.25, -0.2) is 0 Å². The summed E-state index contributed by atoms with van der Waals surface area (Å²) in [6, 6.07) is 8.38. The maximum atomic E-state index is 11.9. The fraction of sp³-hybridized carbons (Fsp3) is 0.533. The molecule has 0 saturated heterocycles. The van der Waals surface area contributed by atoms with Crippen LogP contribution in [0.15, 0.2) is 29.2 Å². The zero-order valence-corrected chi connectivity index (χ0v) is 14.1. The van der Waals surface area contributed by atoms with Gasteiger partial charge in [-0.05, 0) is 51.3 Å². The number of alkyl halides is 1. The number of thioether (sulfide) groups is 1. The molecule has 2 nitrogen and oxygen atoms in total. The molecule has 1 aromatic rings. The third kappa shape index (κ3) is 5.57. The lowest BCUT2D eigenvalue weighted by atomic mass is 10.1. The molecule has 0 aromatic heterocycles. The Morgan fingerprint density at radius 2 is 2.16 bits per heavy atom. The van der Waals surface area contributed by atoms with Gasteiger partial charge in [0.15, 0.2) is 0 Å². The summed E-state index contributed by atoms with van der Waals surface area (Å²) >= 11 is 5.00. The Bertz CT molecular complexity index is 418. The standard InChI is InChI=1S/C15H21BrO2S/c1-4-18-14(17)15(2,3)19-13-9-5-7-12(11-13)8-6-10-16/h5,7,9,11H,4,6,8,10H2,1-3H3. The number of carbonyl (C=O) groups is 1. The topological polar surface area (TPSA) is 26.3 Å². The predicted octanol–water partition coefficient (Wildman–Crippen LogP) is 4.45. The van der Waals surface area contributed by atoms with Crippen LogP contribution in [0.25, 0.3) is 0 Å². The molecule has 1 rings (SSSR count). The van der Waals surface area contributed by atoms with E-state index in [1.165, 1.54) is 5.56 Å². The third-order valence-electron chi connectivity index (χ3n) is 2.64. The maximum Gasteiger partial charge on any atom is 0.321 e. The second-order valence-electron chi connectivity index (χ2n) is 4.77. The average Bonchev–Trinajstić information content (AvgIpc) is 2.36. The number of hydrogen-bond acceptors (Lipinski definition) is 3. The van der Waals surface area contributed by atoms with Crippen LogP contribution in [0.5, 0.6) is 0 Å². The van der Waals surface area contributed by atoms with Crippen LogP contribution in [0.1, 0.15) is 32.8 Å². The zero-order chi connectivity index (χ0) is 14.3. The highest BCUT2D eigenvalue weighted by Crippen LogP contribution is 2.34. The number of carbonyl (C=O) groups excluding carboxylic acids is 1. The molecule has 0 heterocycles. The van der Waals surface area contributed by atoms with E-state index in [0.29, 0.717) is 6.61 Å². The second-order valence-corrected chi connectivity index (χ2v) is 7.26. The summed E-state index contributed by atoms with van der Waals surface area (Å²) in [6.45, 7) is 6.06. The Morgan fingerprint density at radius 3 is 2.79 bits per heavy atom. The quantitative estimate of drug-likeness (QED) is 0.415. The molecule has 106 valence electrons. The van der Waals surface area contributed by atoms with Gasteiger partial charge in [-0.2, -0.15) is 0 Å². The van der Waals surface area contributed by atoms with Crippen molar-refractivity contribution in [3.05, 3.63) is 29.8 Å². The second kappa shape index (κ2) is 7.95. The smallest absolute Gasteiger partial charge is 0.321 e. The lowest BCUT2D eigenvalue weighted by Gasteiger charge is -2.21. The molecule has 0 aliphatic rings. The fourth-order valence-electron chi connectivity index (χ4n) is 1.68. The molecule has 0 saturated carbocycles. The van der Waals surface area contributed by atoms with E-state index in [4.69, 9.17) is 4.74 Å². The fourth-order valence-corrected chi connectivity index (χ4v) is 3.05. The van der Waals surface area contributed by atoms with Gasteiger partial charge >= 0.3 is 5.97 Å². The van der Waals surface area contributed by atoms with Crippen LogP contribution >= 0.6 is 27.7 Å². The Labute approximate surface area is 128 Å². The van der Waals surface area contributed by atoms with Crippen molar-refractivity contribution >= 4 is 33.7 Å². The number of benzene rings is 1. The number of ether oxygens (including phenoxy) is 1. The van der Waals surface area contributed by atoms with Crippen LogP contribution in [-0.2, 0) is 16.0 Å². The van der Waals surface area contributed by atoms with Crippen LogP contribution in [0.3, 0.4) is 0 Å². The number of aryl methyl sites for hydroxylation is 1. The lowest BCUT2D eigenvalue weighted by molar-refractivity contribution is -0.145. The molecule has 0 amide bonds. The highest BCUT2D eigenvalue weighted by molar-refractivity contribution is 9.09. The Morgan fingerprint density at radius 1 is 1.42 bits per heavy atom. The molecule has 0 aliphatic carbocycles. The van der Waals surface area contributed by atoms with Gasteiger partial charge in [-0.3, -0.25) is 4.79 Å². The van der Waals surface area contributed by atoms with E-state index >= 15 is 0 Å². The summed E-state index contributed by atoms with van der Waals surface area (Å²) < 4.78 is 4.56. The van der Waals surface area contributed by atoms with Crippen molar-refractivity contribution in [3.63, 3.8) is 0 Å². The van der Waals surface area contributed by atoms with Gasteiger partial charge < -0.3 is 4.74 Å². The summed E-state index contributed by atoms with van der Waals surface area (Å²) in [5.41, 5.74) is 1.31. The highest BCUT2D eigenvalue weighted by Gasteiger charge is 2.30. The van der Waals surface area contributed by atoms with Crippen molar-refractivity contribution in [3.8, 4) is 0 Å². The van der Waals surface area contributed by atoms with Gasteiger partial charge in [0, 0.05) is 10.2 Å². The zero-order valence-electron chi connectivity index (χ0n) is 11.7. The Balaban J connectivity index is 2.72. The molecule has 0 radical (unpaired) electrons. The Kier molecular flexibility index (Phi) is 6.94. The van der Waals surface area contributed by atoms with E-state index in [-0.39, 0.29) is 5.97 Å². The lowest BCUT2D eigenvalue weighted by Crippen LogP contribution is -2.29. The molecular weight excluding hydrogens is 324 g/mol. The SMILES string of the molecule is CCOC(=O)C(C)(C)Sc1cccc(CCCBr)c1. The number of rotatable bonds is 7. The molecule has 0 aliphatic heterocycles. The van der Waals surface area contributed by atoms with E-state index in [0.717, 1.165) is 23.1 Å². The summed E-state index contributed by atoms with van der Waals surface area (Å²) in [7, 11) is 0. The molecule has 0 fully saturated rings. The van der Waals surface area contributed by atoms with Crippen molar-refractivity contribution in [1.29, 1.82) is 0 Å². The van der Waals surface area contributed by atoms with Crippen molar-refractivity contribution < 1.29 is 9.53 Å². The van der Waals surface area contributed by atoms with Gasteiger partial charge in [0.1, 0.15) is 4.75 Å². The van der Waals surface area contributed by atoms with Gasteiger partial charge in [0.2, 0.25) is 0 Å². The first-order valence-corrected chi connectivity index (χ1v) is 8.44. The first-order valence-electron chi connectivity index (χ1n) is 6.50. The average molecular weight is 345 g/mol. The van der Waals surface area contributed by atoms with E-state index in [1.807, 2.05) is 32.9 Å². The first-order chi connectivity index (χ1) is 8.99. The van der Waals surface area contributed by atoms with Crippen molar-refractivity contribution in [2.75, 3.05) is 11.9 Å². The number of esters is 1. The van der Waals surface area contributed by atoms with Gasteiger partial charge in [-0.1, -0.05) is 28.1 Å². The summed E-state index contributed by atoms with van der Waals surface area (Å²) in [5.74, 6) is -0.161. The van der Waals surface area contributed by atoms with Crippen LogP contribution in [0.4, 0.5) is 0 Å². The predicted molar refractivity (Wildman–Crippen MR) is 85.1 cm³/mol. The van der Waals surface area contributed by atoms with Crippen LogP contribution in [0.2, 0.25) is 0 Å². The molecule has 4 heteroatoms. The van der Waals surface area contributed by atoms with E-state index in [2.05, 4.69) is 28.1 Å². The monoisotopic (exact) mass is 344 g/mol. The summed E-state index contributed by atoms with van der Waals surface area (Å²) in [4.78, 5) is 13.0.